The van der Waals surface area contributed by atoms with Gasteiger partial charge in [0.1, 0.15) is 5.60 Å². The molecule has 1 aliphatic heterocycles. The third kappa shape index (κ3) is 1.59. The fourth-order valence-electron chi connectivity index (χ4n) is 2.81. The SMILES string of the molecule is C[C@@H]1O[C@]1(C)C1(O)CCCCCCC1. The van der Waals surface area contributed by atoms with Gasteiger partial charge in [0.25, 0.3) is 0 Å². The van der Waals surface area contributed by atoms with Crippen LogP contribution >= 0.6 is 0 Å². The van der Waals surface area contributed by atoms with Gasteiger partial charge in [-0.3, -0.25) is 0 Å². The molecule has 2 aliphatic rings. The molecule has 2 nitrogen and oxygen atoms in total. The van der Waals surface area contributed by atoms with E-state index >= 15 is 0 Å². The van der Waals surface area contributed by atoms with Gasteiger partial charge < -0.3 is 9.84 Å². The van der Waals surface area contributed by atoms with E-state index in [0.29, 0.717) is 0 Å². The van der Waals surface area contributed by atoms with E-state index in [1.165, 1.54) is 19.3 Å². The zero-order valence-corrected chi connectivity index (χ0v) is 9.38. The number of ether oxygens (including phenoxy) is 1. The average Bonchev–Trinajstić information content (AvgIpc) is 2.70. The number of rotatable bonds is 1. The van der Waals surface area contributed by atoms with E-state index in [2.05, 4.69) is 13.8 Å². The Bertz CT molecular complexity index is 206. The predicted molar refractivity (Wildman–Crippen MR) is 56.2 cm³/mol. The van der Waals surface area contributed by atoms with Gasteiger partial charge in [-0.1, -0.05) is 32.1 Å². The van der Waals surface area contributed by atoms with Crippen molar-refractivity contribution >= 4 is 0 Å². The zero-order chi connectivity index (χ0) is 10.2. The second kappa shape index (κ2) is 3.49. The highest BCUT2D eigenvalue weighted by Crippen LogP contribution is 2.49. The van der Waals surface area contributed by atoms with Gasteiger partial charge in [-0.15, -0.1) is 0 Å². The van der Waals surface area contributed by atoms with Crippen LogP contribution < -0.4 is 0 Å². The summed E-state index contributed by atoms with van der Waals surface area (Å²) in [6, 6.07) is 0. The highest BCUT2D eigenvalue weighted by molar-refractivity contribution is 5.11. The summed E-state index contributed by atoms with van der Waals surface area (Å²) in [7, 11) is 0. The van der Waals surface area contributed by atoms with Crippen molar-refractivity contribution < 1.29 is 9.84 Å². The molecule has 82 valence electrons. The van der Waals surface area contributed by atoms with Crippen molar-refractivity contribution in [3.63, 3.8) is 0 Å². The van der Waals surface area contributed by atoms with Gasteiger partial charge in [-0.25, -0.2) is 0 Å². The molecule has 1 saturated carbocycles. The molecule has 0 radical (unpaired) electrons. The first-order chi connectivity index (χ1) is 6.58. The summed E-state index contributed by atoms with van der Waals surface area (Å²) < 4.78 is 5.59. The van der Waals surface area contributed by atoms with E-state index < -0.39 is 5.60 Å². The maximum atomic E-state index is 10.6. The molecule has 1 aliphatic carbocycles. The Balaban J connectivity index is 2.04. The van der Waals surface area contributed by atoms with Crippen molar-refractivity contribution in [2.75, 3.05) is 0 Å². The van der Waals surface area contributed by atoms with Gasteiger partial charge in [0.15, 0.2) is 0 Å². The molecule has 1 saturated heterocycles. The number of hydrogen-bond acceptors (Lipinski definition) is 2. The molecule has 2 fully saturated rings. The molecule has 0 aromatic heterocycles. The highest BCUT2D eigenvalue weighted by atomic mass is 16.6. The van der Waals surface area contributed by atoms with Crippen LogP contribution in [0.5, 0.6) is 0 Å². The number of hydrogen-bond donors (Lipinski definition) is 1. The smallest absolute Gasteiger partial charge is 0.120 e. The summed E-state index contributed by atoms with van der Waals surface area (Å²) in [6.07, 6.45) is 8.28. The molecule has 1 N–H and O–H groups in total. The van der Waals surface area contributed by atoms with Crippen molar-refractivity contribution in [2.45, 2.75) is 76.1 Å². The van der Waals surface area contributed by atoms with Crippen LogP contribution in [-0.2, 0) is 4.74 Å². The molecule has 0 aromatic carbocycles. The maximum absolute atomic E-state index is 10.6. The Morgan fingerprint density at radius 2 is 1.50 bits per heavy atom. The first-order valence-corrected chi connectivity index (χ1v) is 5.99. The zero-order valence-electron chi connectivity index (χ0n) is 9.38. The van der Waals surface area contributed by atoms with E-state index in [1.807, 2.05) is 0 Å². The van der Waals surface area contributed by atoms with E-state index in [9.17, 15) is 5.11 Å². The Labute approximate surface area is 86.6 Å². The summed E-state index contributed by atoms with van der Waals surface area (Å²) in [5.74, 6) is 0. The van der Waals surface area contributed by atoms with Gasteiger partial charge in [0.2, 0.25) is 0 Å². The quantitative estimate of drug-likeness (QED) is 0.657. The number of epoxide rings is 1. The molecule has 2 heteroatoms. The van der Waals surface area contributed by atoms with Crippen molar-refractivity contribution in [3.8, 4) is 0 Å². The van der Waals surface area contributed by atoms with Crippen LogP contribution in [0.4, 0.5) is 0 Å². The first kappa shape index (κ1) is 10.4. The molecular formula is C12H22O2. The lowest BCUT2D eigenvalue weighted by Crippen LogP contribution is -2.45. The molecule has 1 heterocycles. The lowest BCUT2D eigenvalue weighted by atomic mass is 9.77. The summed E-state index contributed by atoms with van der Waals surface area (Å²) in [6.45, 7) is 4.13. The summed E-state index contributed by atoms with van der Waals surface area (Å²) in [5, 5.41) is 10.6. The van der Waals surface area contributed by atoms with E-state index in [1.54, 1.807) is 0 Å². The topological polar surface area (TPSA) is 32.8 Å². The predicted octanol–water partition coefficient (Wildman–Crippen LogP) is 2.64. The van der Waals surface area contributed by atoms with Crippen molar-refractivity contribution in [3.05, 3.63) is 0 Å². The lowest BCUT2D eigenvalue weighted by molar-refractivity contribution is -0.0506. The van der Waals surface area contributed by atoms with Crippen LogP contribution in [0.15, 0.2) is 0 Å². The Morgan fingerprint density at radius 1 is 1.07 bits per heavy atom. The molecule has 14 heavy (non-hydrogen) atoms. The third-order valence-corrected chi connectivity index (χ3v) is 4.24. The largest absolute Gasteiger partial charge is 0.387 e. The van der Waals surface area contributed by atoms with Crippen LogP contribution in [0.3, 0.4) is 0 Å². The molecule has 0 bridgehead atoms. The Morgan fingerprint density at radius 3 is 1.93 bits per heavy atom. The van der Waals surface area contributed by atoms with Crippen LogP contribution in [-0.4, -0.2) is 22.4 Å². The minimum atomic E-state index is -0.549. The average molecular weight is 198 g/mol. The molecule has 0 unspecified atom stereocenters. The molecular weight excluding hydrogens is 176 g/mol. The summed E-state index contributed by atoms with van der Waals surface area (Å²) in [5.41, 5.74) is -0.794. The fraction of sp³-hybridized carbons (Fsp3) is 1.00. The summed E-state index contributed by atoms with van der Waals surface area (Å²) in [4.78, 5) is 0. The van der Waals surface area contributed by atoms with Crippen LogP contribution in [0.2, 0.25) is 0 Å². The lowest BCUT2D eigenvalue weighted by Gasteiger charge is -2.34. The molecule has 0 amide bonds. The van der Waals surface area contributed by atoms with Gasteiger partial charge >= 0.3 is 0 Å². The molecule has 0 spiro atoms. The van der Waals surface area contributed by atoms with Crippen molar-refractivity contribution in [1.29, 1.82) is 0 Å². The normalized spacial score (nSPS) is 42.6. The number of aliphatic hydroxyl groups is 1. The van der Waals surface area contributed by atoms with Gasteiger partial charge in [-0.2, -0.15) is 0 Å². The van der Waals surface area contributed by atoms with Crippen LogP contribution in [0, 0.1) is 0 Å². The van der Waals surface area contributed by atoms with Gasteiger partial charge in [-0.05, 0) is 26.7 Å². The second-order valence-electron chi connectivity index (χ2n) is 5.17. The maximum Gasteiger partial charge on any atom is 0.120 e. The van der Waals surface area contributed by atoms with Gasteiger partial charge in [0.05, 0.1) is 11.7 Å². The van der Waals surface area contributed by atoms with E-state index in [0.717, 1.165) is 25.7 Å². The standard InChI is InChI=1S/C12H22O2/c1-10-11(2,14-10)12(13)8-6-4-3-5-7-9-12/h10,13H,3-9H2,1-2H3/t10-,11-/m0/s1. The van der Waals surface area contributed by atoms with Crippen molar-refractivity contribution in [2.24, 2.45) is 0 Å². The first-order valence-electron chi connectivity index (χ1n) is 5.99. The van der Waals surface area contributed by atoms with Crippen molar-refractivity contribution in [1.82, 2.24) is 0 Å². The summed E-state index contributed by atoms with van der Waals surface area (Å²) >= 11 is 0. The third-order valence-electron chi connectivity index (χ3n) is 4.24. The highest BCUT2D eigenvalue weighted by Gasteiger charge is 2.62. The second-order valence-corrected chi connectivity index (χ2v) is 5.17. The minimum absolute atomic E-state index is 0.243. The Kier molecular flexibility index (Phi) is 2.61. The van der Waals surface area contributed by atoms with Crippen LogP contribution in [0.1, 0.15) is 58.8 Å². The minimum Gasteiger partial charge on any atom is -0.387 e. The molecule has 2 atom stereocenters. The van der Waals surface area contributed by atoms with E-state index in [4.69, 9.17) is 4.74 Å². The van der Waals surface area contributed by atoms with E-state index in [-0.39, 0.29) is 11.7 Å². The molecule has 2 rings (SSSR count). The van der Waals surface area contributed by atoms with Gasteiger partial charge in [0, 0.05) is 0 Å². The molecule has 0 aromatic rings. The Hall–Kier alpha value is -0.0800. The monoisotopic (exact) mass is 198 g/mol. The van der Waals surface area contributed by atoms with Crippen LogP contribution in [0.25, 0.3) is 0 Å². The fourth-order valence-corrected chi connectivity index (χ4v) is 2.81.